The number of esters is 1. The van der Waals surface area contributed by atoms with Gasteiger partial charge >= 0.3 is 5.97 Å². The first-order valence-corrected chi connectivity index (χ1v) is 7.90. The molecule has 0 aromatic heterocycles. The van der Waals surface area contributed by atoms with E-state index < -0.39 is 10.0 Å². The minimum absolute atomic E-state index is 0.205. The van der Waals surface area contributed by atoms with Crippen molar-refractivity contribution in [3.8, 4) is 0 Å². The van der Waals surface area contributed by atoms with Crippen molar-refractivity contribution < 1.29 is 17.9 Å². The summed E-state index contributed by atoms with van der Waals surface area (Å²) in [5.74, 6) is -0.338. The number of methoxy groups -OCH3 is 1. The predicted molar refractivity (Wildman–Crippen MR) is 75.2 cm³/mol. The molecule has 1 aromatic rings. The fraction of sp³-hybridized carbons (Fsp3) is 0.417. The van der Waals surface area contributed by atoms with Crippen molar-refractivity contribution in [1.29, 1.82) is 0 Å². The summed E-state index contributed by atoms with van der Waals surface area (Å²) in [6.45, 7) is 0.271. The van der Waals surface area contributed by atoms with E-state index in [9.17, 15) is 13.2 Å². The number of carbonyl (C=O) groups excluding carboxylic acids is 1. The molecule has 0 amide bonds. The quantitative estimate of drug-likeness (QED) is 0.737. The van der Waals surface area contributed by atoms with Gasteiger partial charge in [0.2, 0.25) is 10.0 Å². The van der Waals surface area contributed by atoms with E-state index >= 15 is 0 Å². The Morgan fingerprint density at radius 2 is 1.89 bits per heavy atom. The van der Waals surface area contributed by atoms with Crippen LogP contribution in [0.4, 0.5) is 0 Å². The second kappa shape index (κ2) is 7.02. The van der Waals surface area contributed by atoms with Crippen molar-refractivity contribution in [1.82, 2.24) is 4.31 Å². The molecule has 0 spiro atoms. The summed E-state index contributed by atoms with van der Waals surface area (Å²) in [4.78, 5) is 11.2. The summed E-state index contributed by atoms with van der Waals surface area (Å²) in [6, 6.07) is 6.43. The van der Waals surface area contributed by atoms with Crippen molar-refractivity contribution in [2.75, 3.05) is 20.7 Å². The Hall–Kier alpha value is -0.920. The summed E-state index contributed by atoms with van der Waals surface area (Å²) in [6.07, 6.45) is 0.635. The van der Waals surface area contributed by atoms with E-state index in [0.29, 0.717) is 6.42 Å². The van der Waals surface area contributed by atoms with Gasteiger partial charge in [-0.15, -0.1) is 0 Å². The molecule has 0 atom stereocenters. The van der Waals surface area contributed by atoms with E-state index in [1.54, 1.807) is 12.1 Å². The van der Waals surface area contributed by atoms with Crippen molar-refractivity contribution in [2.45, 2.75) is 17.7 Å². The normalized spacial score (nSPS) is 11.6. The first kappa shape index (κ1) is 16.1. The third-order valence-corrected chi connectivity index (χ3v) is 5.00. The van der Waals surface area contributed by atoms with Crippen LogP contribution in [0.2, 0.25) is 0 Å². The molecule has 0 radical (unpaired) electrons. The topological polar surface area (TPSA) is 63.7 Å². The van der Waals surface area contributed by atoms with Gasteiger partial charge in [0, 0.05) is 24.5 Å². The van der Waals surface area contributed by atoms with E-state index in [-0.39, 0.29) is 23.8 Å². The number of nitrogens with zero attached hydrogens (tertiary/aromatic N) is 1. The van der Waals surface area contributed by atoms with Gasteiger partial charge in [-0.05, 0) is 30.7 Å². The first-order valence-electron chi connectivity index (χ1n) is 5.66. The number of sulfonamides is 1. The Bertz CT molecular complexity index is 527. The van der Waals surface area contributed by atoms with Crippen LogP contribution in [-0.4, -0.2) is 39.4 Å². The van der Waals surface area contributed by atoms with Crippen molar-refractivity contribution >= 4 is 31.9 Å². The summed E-state index contributed by atoms with van der Waals surface area (Å²) in [7, 11) is -0.695. The minimum atomic E-state index is -3.50. The fourth-order valence-corrected chi connectivity index (χ4v) is 2.93. The molecule has 0 unspecified atom stereocenters. The van der Waals surface area contributed by atoms with Gasteiger partial charge in [0.25, 0.3) is 0 Å². The smallest absolute Gasteiger partial charge is 0.305 e. The van der Waals surface area contributed by atoms with Crippen LogP contribution in [-0.2, 0) is 19.6 Å². The molecule has 1 aromatic carbocycles. The molecule has 19 heavy (non-hydrogen) atoms. The van der Waals surface area contributed by atoms with Crippen LogP contribution in [0.25, 0.3) is 0 Å². The van der Waals surface area contributed by atoms with E-state index in [0.717, 1.165) is 4.47 Å². The third-order valence-electron chi connectivity index (χ3n) is 2.60. The molecular formula is C12H16BrNO4S. The summed E-state index contributed by atoms with van der Waals surface area (Å²) >= 11 is 3.26. The number of hydrogen-bond donors (Lipinski definition) is 0. The Morgan fingerprint density at radius 3 is 2.42 bits per heavy atom. The highest BCUT2D eigenvalue weighted by Crippen LogP contribution is 2.18. The van der Waals surface area contributed by atoms with Gasteiger partial charge in [0.1, 0.15) is 0 Å². The van der Waals surface area contributed by atoms with Crippen LogP contribution in [0, 0.1) is 0 Å². The van der Waals surface area contributed by atoms with Crippen LogP contribution >= 0.6 is 15.9 Å². The molecule has 0 aliphatic heterocycles. The lowest BCUT2D eigenvalue weighted by atomic mass is 10.3. The largest absolute Gasteiger partial charge is 0.469 e. The Balaban J connectivity index is 2.67. The molecule has 0 heterocycles. The molecule has 0 N–H and O–H groups in total. The molecule has 0 aliphatic carbocycles. The average Bonchev–Trinajstić information content (AvgIpc) is 2.38. The van der Waals surface area contributed by atoms with Crippen LogP contribution in [0.15, 0.2) is 33.6 Å². The molecule has 106 valence electrons. The van der Waals surface area contributed by atoms with Crippen molar-refractivity contribution in [2.24, 2.45) is 0 Å². The molecule has 5 nitrogen and oxygen atoms in total. The van der Waals surface area contributed by atoms with Crippen molar-refractivity contribution in [3.05, 3.63) is 28.7 Å². The zero-order valence-electron chi connectivity index (χ0n) is 10.8. The molecule has 0 saturated carbocycles. The monoisotopic (exact) mass is 349 g/mol. The highest BCUT2D eigenvalue weighted by Gasteiger charge is 2.20. The number of ether oxygens (including phenoxy) is 1. The van der Waals surface area contributed by atoms with Gasteiger partial charge in [0.15, 0.2) is 0 Å². The maximum Gasteiger partial charge on any atom is 0.305 e. The lowest BCUT2D eigenvalue weighted by molar-refractivity contribution is -0.140. The molecule has 0 aliphatic rings. The number of benzene rings is 1. The van der Waals surface area contributed by atoms with Gasteiger partial charge in [-0.3, -0.25) is 4.79 Å². The predicted octanol–water partition coefficient (Wildman–Crippen LogP) is 2.02. The van der Waals surface area contributed by atoms with Crippen LogP contribution < -0.4 is 0 Å². The zero-order valence-corrected chi connectivity index (χ0v) is 13.2. The number of carbonyl (C=O) groups is 1. The minimum Gasteiger partial charge on any atom is -0.469 e. The van der Waals surface area contributed by atoms with Crippen LogP contribution in [0.1, 0.15) is 12.8 Å². The third kappa shape index (κ3) is 4.59. The molecule has 1 rings (SSSR count). The highest BCUT2D eigenvalue weighted by atomic mass is 79.9. The number of hydrogen-bond acceptors (Lipinski definition) is 4. The maximum atomic E-state index is 12.2. The molecule has 0 saturated heterocycles. The Kier molecular flexibility index (Phi) is 5.96. The van der Waals surface area contributed by atoms with Gasteiger partial charge in [0.05, 0.1) is 12.0 Å². The van der Waals surface area contributed by atoms with Gasteiger partial charge in [-0.25, -0.2) is 12.7 Å². The van der Waals surface area contributed by atoms with Gasteiger partial charge in [-0.2, -0.15) is 0 Å². The lowest BCUT2D eigenvalue weighted by Gasteiger charge is -2.16. The molecule has 0 bridgehead atoms. The molecule has 7 heteroatoms. The van der Waals surface area contributed by atoms with Gasteiger partial charge in [-0.1, -0.05) is 15.9 Å². The van der Waals surface area contributed by atoms with E-state index in [2.05, 4.69) is 20.7 Å². The number of rotatable bonds is 6. The summed E-state index contributed by atoms with van der Waals surface area (Å²) < 4.78 is 30.9. The van der Waals surface area contributed by atoms with Crippen LogP contribution in [0.5, 0.6) is 0 Å². The molecular weight excluding hydrogens is 334 g/mol. The van der Waals surface area contributed by atoms with Gasteiger partial charge < -0.3 is 4.74 Å². The standard InChI is InChI=1S/C12H16BrNO4S/c1-14(9-3-4-12(15)18-2)19(16,17)11-7-5-10(13)6-8-11/h5-8H,3-4,9H2,1-2H3. The summed E-state index contributed by atoms with van der Waals surface area (Å²) in [5, 5.41) is 0. The second-order valence-electron chi connectivity index (χ2n) is 3.96. The Labute approximate surface area is 121 Å². The highest BCUT2D eigenvalue weighted by molar-refractivity contribution is 9.10. The maximum absolute atomic E-state index is 12.2. The van der Waals surface area contributed by atoms with Crippen LogP contribution in [0.3, 0.4) is 0 Å². The Morgan fingerprint density at radius 1 is 1.32 bits per heavy atom. The number of halogens is 1. The average molecular weight is 350 g/mol. The summed E-state index contributed by atoms with van der Waals surface area (Å²) in [5.41, 5.74) is 0. The van der Waals surface area contributed by atoms with E-state index in [1.807, 2.05) is 0 Å². The van der Waals surface area contributed by atoms with E-state index in [4.69, 9.17) is 0 Å². The fourth-order valence-electron chi connectivity index (χ4n) is 1.45. The zero-order chi connectivity index (χ0) is 14.5. The second-order valence-corrected chi connectivity index (χ2v) is 6.92. The SMILES string of the molecule is COC(=O)CCCN(C)S(=O)(=O)c1ccc(Br)cc1. The lowest BCUT2D eigenvalue weighted by Crippen LogP contribution is -2.28. The van der Waals surface area contributed by atoms with Crippen molar-refractivity contribution in [3.63, 3.8) is 0 Å². The first-order chi connectivity index (χ1) is 8.87. The van der Waals surface area contributed by atoms with E-state index in [1.165, 1.54) is 30.6 Å². The molecule has 0 fully saturated rings.